The minimum atomic E-state index is -0.202. The van der Waals surface area contributed by atoms with Gasteiger partial charge in [-0.25, -0.2) is 4.98 Å². The number of thiazole rings is 1. The molecule has 3 aromatic rings. The molecule has 1 amide bonds. The van der Waals surface area contributed by atoms with Crippen LogP contribution in [-0.2, 0) is 11.2 Å². The van der Waals surface area contributed by atoms with Crippen molar-refractivity contribution in [1.82, 2.24) is 4.98 Å². The van der Waals surface area contributed by atoms with E-state index in [0.29, 0.717) is 22.0 Å². The van der Waals surface area contributed by atoms with Crippen molar-refractivity contribution >= 4 is 39.5 Å². The summed E-state index contributed by atoms with van der Waals surface area (Å²) in [6.07, 6.45) is 0.108. The number of ketones is 1. The Hall–Kier alpha value is -2.51. The average Bonchev–Trinajstić information content (AvgIpc) is 3.23. The van der Waals surface area contributed by atoms with Crippen molar-refractivity contribution in [2.45, 2.75) is 20.3 Å². The van der Waals surface area contributed by atoms with Gasteiger partial charge in [0.15, 0.2) is 10.9 Å². The van der Waals surface area contributed by atoms with Gasteiger partial charge in [-0.05, 0) is 44.2 Å². The number of thiophene rings is 1. The van der Waals surface area contributed by atoms with Crippen molar-refractivity contribution in [2.24, 2.45) is 0 Å². The van der Waals surface area contributed by atoms with Crippen molar-refractivity contribution in [3.8, 4) is 16.3 Å². The van der Waals surface area contributed by atoms with Crippen LogP contribution in [0.1, 0.15) is 27.7 Å². The monoisotopic (exact) mass is 386 g/mol. The van der Waals surface area contributed by atoms with E-state index in [2.05, 4.69) is 10.3 Å². The van der Waals surface area contributed by atoms with Gasteiger partial charge < -0.3 is 10.1 Å². The molecule has 0 atom stereocenters. The van der Waals surface area contributed by atoms with E-state index in [1.807, 2.05) is 24.4 Å². The molecule has 0 bridgehead atoms. The summed E-state index contributed by atoms with van der Waals surface area (Å²) in [6, 6.07) is 9.17. The maximum Gasteiger partial charge on any atom is 0.230 e. The van der Waals surface area contributed by atoms with Crippen molar-refractivity contribution in [2.75, 3.05) is 12.4 Å². The molecule has 0 saturated carbocycles. The van der Waals surface area contributed by atoms with Crippen LogP contribution in [0.5, 0.6) is 5.75 Å². The molecule has 0 spiro atoms. The number of aromatic nitrogens is 1. The van der Waals surface area contributed by atoms with Crippen LogP contribution in [0.4, 0.5) is 5.13 Å². The molecule has 0 fully saturated rings. The highest BCUT2D eigenvalue weighted by atomic mass is 32.1. The Morgan fingerprint density at radius 3 is 2.69 bits per heavy atom. The number of aryl methyl sites for hydroxylation is 1. The second kappa shape index (κ2) is 7.80. The van der Waals surface area contributed by atoms with Crippen molar-refractivity contribution < 1.29 is 14.3 Å². The lowest BCUT2D eigenvalue weighted by molar-refractivity contribution is -0.115. The van der Waals surface area contributed by atoms with Crippen molar-refractivity contribution in [3.05, 3.63) is 51.7 Å². The Bertz CT molecular complexity index is 959. The van der Waals surface area contributed by atoms with Crippen molar-refractivity contribution in [1.29, 1.82) is 0 Å². The summed E-state index contributed by atoms with van der Waals surface area (Å²) >= 11 is 3.06. The molecule has 0 aliphatic carbocycles. The highest BCUT2D eigenvalue weighted by molar-refractivity contribution is 7.17. The molecule has 0 radical (unpaired) electrons. The van der Waals surface area contributed by atoms with E-state index in [1.54, 1.807) is 36.6 Å². The first kappa shape index (κ1) is 18.3. The number of methoxy groups -OCH3 is 1. The summed E-state index contributed by atoms with van der Waals surface area (Å²) in [4.78, 5) is 30.7. The summed E-state index contributed by atoms with van der Waals surface area (Å²) in [7, 11) is 1.54. The number of Topliss-reactive ketones (excluding diaryl/α,β-unsaturated/α-hetero) is 1. The van der Waals surface area contributed by atoms with Crippen LogP contribution < -0.4 is 10.1 Å². The molecule has 1 aromatic carbocycles. The third-order valence-electron chi connectivity index (χ3n) is 3.78. The predicted octanol–water partition coefficient (Wildman–Crippen LogP) is 4.57. The number of rotatable bonds is 6. The van der Waals surface area contributed by atoms with Gasteiger partial charge in [0.1, 0.15) is 5.75 Å². The van der Waals surface area contributed by atoms with Crippen molar-refractivity contribution in [3.63, 3.8) is 0 Å². The number of carbonyl (C=O) groups excluding carboxylic acids is 2. The topological polar surface area (TPSA) is 68.3 Å². The minimum Gasteiger partial charge on any atom is -0.496 e. The molecule has 2 aromatic heterocycles. The summed E-state index contributed by atoms with van der Waals surface area (Å²) < 4.78 is 5.29. The maximum atomic E-state index is 12.4. The van der Waals surface area contributed by atoms with E-state index in [-0.39, 0.29) is 18.1 Å². The highest BCUT2D eigenvalue weighted by Crippen LogP contribution is 2.30. The fourth-order valence-corrected chi connectivity index (χ4v) is 4.12. The molecular weight excluding hydrogens is 368 g/mol. The Morgan fingerprint density at radius 2 is 2.04 bits per heavy atom. The number of ether oxygens (including phenoxy) is 1. The SMILES string of the molecule is COc1ccc(C(C)=O)cc1CC(=O)Nc1nc(-c2ccc(C)s2)cs1. The molecule has 0 unspecified atom stereocenters. The summed E-state index contributed by atoms with van der Waals surface area (Å²) in [5.41, 5.74) is 2.08. The van der Waals surface area contributed by atoms with E-state index in [9.17, 15) is 9.59 Å². The number of nitrogens with zero attached hydrogens (tertiary/aromatic N) is 1. The molecule has 134 valence electrons. The molecule has 0 aliphatic heterocycles. The Labute approximate surface area is 159 Å². The van der Waals surface area contributed by atoms with Gasteiger partial charge in [0.25, 0.3) is 0 Å². The van der Waals surface area contributed by atoms with Crippen LogP contribution in [-0.4, -0.2) is 23.8 Å². The van der Waals surface area contributed by atoms with E-state index >= 15 is 0 Å². The normalized spacial score (nSPS) is 10.6. The number of amides is 1. The zero-order chi connectivity index (χ0) is 18.7. The number of anilines is 1. The lowest BCUT2D eigenvalue weighted by Crippen LogP contribution is -2.15. The van der Waals surface area contributed by atoms with Crippen LogP contribution in [0.25, 0.3) is 10.6 Å². The molecule has 3 rings (SSSR count). The number of carbonyl (C=O) groups is 2. The number of nitrogens with one attached hydrogen (secondary N) is 1. The second-order valence-corrected chi connectivity index (χ2v) is 7.90. The number of hydrogen-bond donors (Lipinski definition) is 1. The van der Waals surface area contributed by atoms with E-state index in [0.717, 1.165) is 10.6 Å². The van der Waals surface area contributed by atoms with Gasteiger partial charge in [-0.3, -0.25) is 9.59 Å². The smallest absolute Gasteiger partial charge is 0.230 e. The Morgan fingerprint density at radius 1 is 1.23 bits per heavy atom. The van der Waals surface area contributed by atoms with Gasteiger partial charge in [-0.15, -0.1) is 22.7 Å². The van der Waals surface area contributed by atoms with Crippen LogP contribution in [0, 0.1) is 6.92 Å². The third-order valence-corrected chi connectivity index (χ3v) is 5.56. The van der Waals surface area contributed by atoms with Crippen LogP contribution in [0.15, 0.2) is 35.7 Å². The average molecular weight is 386 g/mol. The minimum absolute atomic E-state index is 0.0508. The van der Waals surface area contributed by atoms with Gasteiger partial charge in [0.2, 0.25) is 5.91 Å². The van der Waals surface area contributed by atoms with E-state index in [1.165, 1.54) is 23.1 Å². The molecule has 26 heavy (non-hydrogen) atoms. The van der Waals surface area contributed by atoms with Gasteiger partial charge in [-0.2, -0.15) is 0 Å². The molecule has 0 aliphatic rings. The first-order valence-corrected chi connectivity index (χ1v) is 9.66. The Balaban J connectivity index is 1.72. The lowest BCUT2D eigenvalue weighted by Gasteiger charge is -2.09. The molecule has 1 N–H and O–H groups in total. The van der Waals surface area contributed by atoms with Crippen LogP contribution in [0.2, 0.25) is 0 Å². The quantitative estimate of drug-likeness (QED) is 0.630. The first-order chi connectivity index (χ1) is 12.5. The first-order valence-electron chi connectivity index (χ1n) is 7.96. The zero-order valence-electron chi connectivity index (χ0n) is 14.7. The third kappa shape index (κ3) is 4.17. The lowest BCUT2D eigenvalue weighted by atomic mass is 10.0. The fraction of sp³-hybridized carbons (Fsp3) is 0.211. The Kier molecular flexibility index (Phi) is 5.49. The van der Waals surface area contributed by atoms with Crippen LogP contribution in [0.3, 0.4) is 0 Å². The van der Waals surface area contributed by atoms with Gasteiger partial charge in [-0.1, -0.05) is 0 Å². The number of benzene rings is 1. The zero-order valence-corrected chi connectivity index (χ0v) is 16.3. The largest absolute Gasteiger partial charge is 0.496 e. The summed E-state index contributed by atoms with van der Waals surface area (Å²) in [5.74, 6) is 0.330. The second-order valence-electron chi connectivity index (χ2n) is 5.76. The molecule has 2 heterocycles. The van der Waals surface area contributed by atoms with E-state index in [4.69, 9.17) is 4.74 Å². The molecule has 5 nitrogen and oxygen atoms in total. The van der Waals surface area contributed by atoms with E-state index < -0.39 is 0 Å². The maximum absolute atomic E-state index is 12.4. The summed E-state index contributed by atoms with van der Waals surface area (Å²) in [6.45, 7) is 3.54. The van der Waals surface area contributed by atoms with Gasteiger partial charge in [0.05, 0.1) is 24.1 Å². The highest BCUT2D eigenvalue weighted by Gasteiger charge is 2.14. The molecular formula is C19H18N2O3S2. The van der Waals surface area contributed by atoms with Gasteiger partial charge >= 0.3 is 0 Å². The van der Waals surface area contributed by atoms with Gasteiger partial charge in [0, 0.05) is 21.4 Å². The predicted molar refractivity (Wildman–Crippen MR) is 105 cm³/mol. The fourth-order valence-electron chi connectivity index (χ4n) is 2.49. The standard InChI is InChI=1S/C19H18N2O3S2/c1-11-4-7-17(26-11)15-10-25-19(20-15)21-18(23)9-14-8-13(12(2)22)5-6-16(14)24-3/h4-8,10H,9H2,1-3H3,(H,20,21,23). The molecule has 7 heteroatoms. The van der Waals surface area contributed by atoms with Crippen LogP contribution >= 0.6 is 22.7 Å². The number of hydrogen-bond acceptors (Lipinski definition) is 6. The molecule has 0 saturated heterocycles. The summed E-state index contributed by atoms with van der Waals surface area (Å²) in [5, 5.41) is 5.30.